The number of benzene rings is 1. The van der Waals surface area contributed by atoms with Crippen LogP contribution in [0.1, 0.15) is 37.0 Å². The third kappa shape index (κ3) is 4.56. The summed E-state index contributed by atoms with van der Waals surface area (Å²) in [7, 11) is -3.58. The summed E-state index contributed by atoms with van der Waals surface area (Å²) in [6, 6.07) is 6.46. The molecule has 0 bridgehead atoms. The topological polar surface area (TPSA) is 78.0 Å². The van der Waals surface area contributed by atoms with Crippen molar-refractivity contribution in [1.29, 1.82) is 0 Å². The zero-order valence-electron chi connectivity index (χ0n) is 15.9. The minimum atomic E-state index is -3.58. The van der Waals surface area contributed by atoms with Gasteiger partial charge in [-0.2, -0.15) is 4.31 Å². The van der Waals surface area contributed by atoms with Crippen LogP contribution in [-0.4, -0.2) is 79.5 Å². The summed E-state index contributed by atoms with van der Waals surface area (Å²) in [4.78, 5) is 27.9. The molecule has 148 valence electrons. The highest BCUT2D eigenvalue weighted by molar-refractivity contribution is 7.89. The first-order chi connectivity index (χ1) is 12.8. The van der Waals surface area contributed by atoms with Crippen molar-refractivity contribution in [1.82, 2.24) is 14.1 Å². The van der Waals surface area contributed by atoms with Crippen LogP contribution in [0.2, 0.25) is 0 Å². The molecule has 0 radical (unpaired) electrons. The van der Waals surface area contributed by atoms with Gasteiger partial charge in [-0.05, 0) is 38.8 Å². The van der Waals surface area contributed by atoms with E-state index >= 15 is 0 Å². The number of amides is 1. The number of hydrogen-bond acceptors (Lipinski definition) is 5. The van der Waals surface area contributed by atoms with E-state index in [1.807, 2.05) is 16.7 Å². The Bertz CT molecular complexity index is 795. The number of hydrogen-bond donors (Lipinski definition) is 0. The highest BCUT2D eigenvalue weighted by atomic mass is 32.2. The minimum Gasteiger partial charge on any atom is -0.339 e. The van der Waals surface area contributed by atoms with Crippen LogP contribution < -0.4 is 0 Å². The molecule has 8 heteroatoms. The number of carbonyl (C=O) groups is 2. The average molecular weight is 394 g/mol. The molecule has 2 fully saturated rings. The lowest BCUT2D eigenvalue weighted by Gasteiger charge is -2.34. The summed E-state index contributed by atoms with van der Waals surface area (Å²) >= 11 is 0. The average Bonchev–Trinajstić information content (AvgIpc) is 3.48. The van der Waals surface area contributed by atoms with E-state index in [9.17, 15) is 18.0 Å². The molecule has 0 aromatic heterocycles. The van der Waals surface area contributed by atoms with Gasteiger partial charge in [0.1, 0.15) is 0 Å². The molecular weight excluding hydrogens is 366 g/mol. The molecule has 0 unspecified atom stereocenters. The molecule has 1 heterocycles. The van der Waals surface area contributed by atoms with Crippen LogP contribution in [0.15, 0.2) is 29.2 Å². The maximum atomic E-state index is 12.8. The summed E-state index contributed by atoms with van der Waals surface area (Å²) in [5, 5.41) is 0. The molecule has 0 N–H and O–H groups in total. The number of Topliss-reactive ketones (excluding diaryl/α,β-unsaturated/α-hetero) is 1. The van der Waals surface area contributed by atoms with Crippen molar-refractivity contribution in [2.75, 3.05) is 39.3 Å². The van der Waals surface area contributed by atoms with Crippen LogP contribution >= 0.6 is 0 Å². The second-order valence-electron chi connectivity index (χ2n) is 7.17. The van der Waals surface area contributed by atoms with Crippen LogP contribution in [0.5, 0.6) is 0 Å². The second kappa shape index (κ2) is 8.08. The van der Waals surface area contributed by atoms with Gasteiger partial charge in [0.25, 0.3) is 0 Å². The van der Waals surface area contributed by atoms with Crippen LogP contribution in [0.25, 0.3) is 0 Å². The van der Waals surface area contributed by atoms with Crippen LogP contribution in [0.4, 0.5) is 0 Å². The van der Waals surface area contributed by atoms with E-state index in [0.29, 0.717) is 44.3 Å². The molecule has 1 saturated heterocycles. The normalized spacial score (nSPS) is 19.0. The lowest BCUT2D eigenvalue weighted by Crippen LogP contribution is -2.51. The molecule has 27 heavy (non-hydrogen) atoms. The quantitative estimate of drug-likeness (QED) is 0.651. The van der Waals surface area contributed by atoms with E-state index < -0.39 is 10.0 Å². The summed E-state index contributed by atoms with van der Waals surface area (Å²) in [5.41, 5.74) is 0.494. The van der Waals surface area contributed by atoms with E-state index in [-0.39, 0.29) is 16.6 Å². The van der Waals surface area contributed by atoms with Crippen molar-refractivity contribution in [3.05, 3.63) is 29.8 Å². The molecule has 2 aliphatic rings. The third-order valence-corrected chi connectivity index (χ3v) is 7.15. The van der Waals surface area contributed by atoms with Gasteiger partial charge in [-0.25, -0.2) is 8.42 Å². The number of likely N-dealkylation sites (N-methyl/N-ethyl adjacent to an activating group) is 1. The Balaban J connectivity index is 1.57. The van der Waals surface area contributed by atoms with Gasteiger partial charge in [-0.3, -0.25) is 14.5 Å². The van der Waals surface area contributed by atoms with Crippen LogP contribution in [0.3, 0.4) is 0 Å². The first-order valence-corrected chi connectivity index (χ1v) is 10.9. The van der Waals surface area contributed by atoms with Crippen LogP contribution in [-0.2, 0) is 14.8 Å². The van der Waals surface area contributed by atoms with Gasteiger partial charge >= 0.3 is 0 Å². The van der Waals surface area contributed by atoms with Crippen molar-refractivity contribution in [2.24, 2.45) is 0 Å². The van der Waals surface area contributed by atoms with E-state index in [1.54, 1.807) is 12.1 Å². The highest BCUT2D eigenvalue weighted by Crippen LogP contribution is 2.26. The van der Waals surface area contributed by atoms with Gasteiger partial charge in [0.2, 0.25) is 15.9 Å². The Morgan fingerprint density at radius 2 is 1.67 bits per heavy atom. The highest BCUT2D eigenvalue weighted by Gasteiger charge is 2.33. The van der Waals surface area contributed by atoms with Crippen molar-refractivity contribution >= 4 is 21.7 Å². The van der Waals surface area contributed by atoms with Gasteiger partial charge in [0.15, 0.2) is 5.78 Å². The van der Waals surface area contributed by atoms with E-state index in [0.717, 1.165) is 19.4 Å². The smallest absolute Gasteiger partial charge is 0.243 e. The standard InChI is InChI=1S/C19H27N3O4S/c1-3-22(17-6-7-17)19(24)14-20-10-12-21(13-11-20)27(25,26)18-8-4-16(5-9-18)15(2)23/h4-5,8-9,17H,3,6-7,10-14H2,1-2H3. The zero-order valence-corrected chi connectivity index (χ0v) is 16.7. The van der Waals surface area contributed by atoms with E-state index in [1.165, 1.54) is 23.4 Å². The summed E-state index contributed by atoms with van der Waals surface area (Å²) in [5.74, 6) is 0.0423. The fourth-order valence-corrected chi connectivity index (χ4v) is 4.87. The molecule has 1 aliphatic heterocycles. The molecule has 1 amide bonds. The second-order valence-corrected chi connectivity index (χ2v) is 9.11. The van der Waals surface area contributed by atoms with Gasteiger partial charge in [0.05, 0.1) is 11.4 Å². The van der Waals surface area contributed by atoms with Gasteiger partial charge in [0, 0.05) is 44.3 Å². The number of nitrogens with zero attached hydrogens (tertiary/aromatic N) is 3. The van der Waals surface area contributed by atoms with Crippen molar-refractivity contribution in [3.8, 4) is 0 Å². The van der Waals surface area contributed by atoms with Crippen molar-refractivity contribution < 1.29 is 18.0 Å². The maximum Gasteiger partial charge on any atom is 0.243 e. The molecule has 0 spiro atoms. The van der Waals surface area contributed by atoms with Crippen molar-refractivity contribution in [3.63, 3.8) is 0 Å². The van der Waals surface area contributed by atoms with Gasteiger partial charge in [-0.15, -0.1) is 0 Å². The fourth-order valence-electron chi connectivity index (χ4n) is 3.45. The monoisotopic (exact) mass is 393 g/mol. The maximum absolute atomic E-state index is 12.8. The largest absolute Gasteiger partial charge is 0.339 e. The molecule has 1 saturated carbocycles. The zero-order chi connectivity index (χ0) is 19.6. The summed E-state index contributed by atoms with van der Waals surface area (Å²) < 4.78 is 27.0. The van der Waals surface area contributed by atoms with E-state index in [2.05, 4.69) is 0 Å². The van der Waals surface area contributed by atoms with Crippen molar-refractivity contribution in [2.45, 2.75) is 37.6 Å². The Labute approximate surface area is 161 Å². The Hall–Kier alpha value is -1.77. The SMILES string of the molecule is CCN(C(=O)CN1CCN(S(=O)(=O)c2ccc(C(C)=O)cc2)CC1)C1CC1. The lowest BCUT2D eigenvalue weighted by atomic mass is 10.2. The number of ketones is 1. The molecule has 3 rings (SSSR count). The predicted octanol–water partition coefficient (Wildman–Crippen LogP) is 1.21. The predicted molar refractivity (Wildman–Crippen MR) is 102 cm³/mol. The number of sulfonamides is 1. The number of piperazine rings is 1. The molecule has 1 aromatic carbocycles. The molecule has 7 nitrogen and oxygen atoms in total. The Morgan fingerprint density at radius 3 is 2.15 bits per heavy atom. The van der Waals surface area contributed by atoms with Gasteiger partial charge < -0.3 is 4.90 Å². The fraction of sp³-hybridized carbons (Fsp3) is 0.579. The Morgan fingerprint density at radius 1 is 1.07 bits per heavy atom. The number of carbonyl (C=O) groups excluding carboxylic acids is 2. The first kappa shape index (κ1) is 20.0. The molecular formula is C19H27N3O4S. The summed E-state index contributed by atoms with van der Waals surface area (Å²) in [6.45, 7) is 6.33. The number of rotatable bonds is 7. The minimum absolute atomic E-state index is 0.0930. The third-order valence-electron chi connectivity index (χ3n) is 5.24. The Kier molecular flexibility index (Phi) is 5.98. The van der Waals surface area contributed by atoms with Gasteiger partial charge in [-0.1, -0.05) is 12.1 Å². The molecule has 1 aromatic rings. The lowest BCUT2D eigenvalue weighted by molar-refractivity contribution is -0.133. The van der Waals surface area contributed by atoms with E-state index in [4.69, 9.17) is 0 Å². The summed E-state index contributed by atoms with van der Waals surface area (Å²) in [6.07, 6.45) is 2.18. The first-order valence-electron chi connectivity index (χ1n) is 9.46. The molecule has 1 aliphatic carbocycles. The molecule has 0 atom stereocenters. The van der Waals surface area contributed by atoms with Crippen LogP contribution in [0, 0.1) is 0 Å².